The molecule has 1 aliphatic rings. The van der Waals surface area contributed by atoms with Crippen LogP contribution in [0, 0.1) is 5.92 Å². The van der Waals surface area contributed by atoms with Crippen molar-refractivity contribution in [2.24, 2.45) is 13.0 Å². The fourth-order valence-corrected chi connectivity index (χ4v) is 4.46. The standard InChI is InChI=1S/C26H28N4O5/c1-15(2)12-21(25(32)33)28-24(31)23-22(13-27-30(23)3)29-26(34)35-14-20-18-10-6-4-8-16(18)17-9-5-7-11-19(17)20/h4-11,13,15,20-21H,12,14H2,1-3H3,(H,28,31)(H,29,34)(H,32,33)/t21-/m1/s1. The van der Waals surface area contributed by atoms with Crippen molar-refractivity contribution in [1.82, 2.24) is 15.1 Å². The van der Waals surface area contributed by atoms with Crippen LogP contribution >= 0.6 is 0 Å². The summed E-state index contributed by atoms with van der Waals surface area (Å²) in [5.41, 5.74) is 4.60. The van der Waals surface area contributed by atoms with Gasteiger partial charge in [0.25, 0.3) is 5.91 Å². The zero-order valence-electron chi connectivity index (χ0n) is 19.8. The molecule has 1 heterocycles. The number of anilines is 1. The lowest BCUT2D eigenvalue weighted by molar-refractivity contribution is -0.139. The average molecular weight is 477 g/mol. The van der Waals surface area contributed by atoms with Gasteiger partial charge in [-0.2, -0.15) is 5.10 Å². The van der Waals surface area contributed by atoms with Crippen molar-refractivity contribution in [3.05, 3.63) is 71.5 Å². The van der Waals surface area contributed by atoms with Gasteiger partial charge in [0.05, 0.1) is 11.9 Å². The van der Waals surface area contributed by atoms with Gasteiger partial charge >= 0.3 is 12.1 Å². The molecule has 1 aliphatic carbocycles. The largest absolute Gasteiger partial charge is 0.480 e. The Morgan fingerprint density at radius 3 is 2.23 bits per heavy atom. The van der Waals surface area contributed by atoms with Crippen molar-refractivity contribution in [1.29, 1.82) is 0 Å². The molecule has 0 bridgehead atoms. The van der Waals surface area contributed by atoms with E-state index in [1.807, 2.05) is 50.2 Å². The summed E-state index contributed by atoms with van der Waals surface area (Å²) in [6, 6.07) is 15.0. The van der Waals surface area contributed by atoms with E-state index in [4.69, 9.17) is 4.74 Å². The number of carbonyl (C=O) groups is 3. The van der Waals surface area contributed by atoms with Gasteiger partial charge in [-0.25, -0.2) is 9.59 Å². The molecule has 1 aromatic heterocycles. The molecule has 0 unspecified atom stereocenters. The molecule has 4 rings (SSSR count). The number of amides is 2. The molecule has 182 valence electrons. The number of hydrogen-bond acceptors (Lipinski definition) is 5. The zero-order valence-corrected chi connectivity index (χ0v) is 19.8. The van der Waals surface area contributed by atoms with Crippen molar-refractivity contribution in [3.8, 4) is 11.1 Å². The summed E-state index contributed by atoms with van der Waals surface area (Å²) in [5.74, 6) is -1.80. The highest BCUT2D eigenvalue weighted by Gasteiger charge is 2.30. The predicted molar refractivity (Wildman–Crippen MR) is 130 cm³/mol. The first-order valence-electron chi connectivity index (χ1n) is 11.4. The lowest BCUT2D eigenvalue weighted by atomic mass is 9.98. The molecule has 0 saturated heterocycles. The molecule has 3 aromatic rings. The zero-order chi connectivity index (χ0) is 25.1. The molecule has 0 aliphatic heterocycles. The summed E-state index contributed by atoms with van der Waals surface area (Å²) in [6.07, 6.45) is 0.869. The minimum atomic E-state index is -1.12. The van der Waals surface area contributed by atoms with Gasteiger partial charge in [0.1, 0.15) is 18.3 Å². The van der Waals surface area contributed by atoms with Crippen molar-refractivity contribution < 1.29 is 24.2 Å². The first-order valence-corrected chi connectivity index (χ1v) is 11.4. The number of carboxylic acid groups (broad SMARTS) is 1. The summed E-state index contributed by atoms with van der Waals surface area (Å²) >= 11 is 0. The molecular formula is C26H28N4O5. The smallest absolute Gasteiger partial charge is 0.411 e. The van der Waals surface area contributed by atoms with E-state index in [2.05, 4.69) is 27.9 Å². The van der Waals surface area contributed by atoms with Crippen LogP contribution in [-0.2, 0) is 16.6 Å². The van der Waals surface area contributed by atoms with Gasteiger partial charge in [0.2, 0.25) is 0 Å². The number of hydrogen-bond donors (Lipinski definition) is 3. The van der Waals surface area contributed by atoms with E-state index >= 15 is 0 Å². The van der Waals surface area contributed by atoms with Crippen molar-refractivity contribution >= 4 is 23.7 Å². The molecule has 0 saturated carbocycles. The average Bonchev–Trinajstić information content (AvgIpc) is 3.34. The summed E-state index contributed by atoms with van der Waals surface area (Å²) in [7, 11) is 1.54. The van der Waals surface area contributed by atoms with E-state index in [1.54, 1.807) is 0 Å². The van der Waals surface area contributed by atoms with Crippen LogP contribution in [0.5, 0.6) is 0 Å². The molecular weight excluding hydrogens is 448 g/mol. The Labute approximate surface area is 203 Å². The van der Waals surface area contributed by atoms with E-state index in [9.17, 15) is 19.5 Å². The number of benzene rings is 2. The van der Waals surface area contributed by atoms with E-state index in [1.165, 1.54) is 17.9 Å². The van der Waals surface area contributed by atoms with Gasteiger partial charge in [0, 0.05) is 13.0 Å². The normalized spacial score (nSPS) is 13.1. The van der Waals surface area contributed by atoms with Crippen LogP contribution in [0.2, 0.25) is 0 Å². The number of aryl methyl sites for hydroxylation is 1. The second-order valence-electron chi connectivity index (χ2n) is 8.97. The lowest BCUT2D eigenvalue weighted by Crippen LogP contribution is -2.42. The highest BCUT2D eigenvalue weighted by Crippen LogP contribution is 2.44. The first kappa shape index (κ1) is 24.0. The molecule has 35 heavy (non-hydrogen) atoms. The van der Waals surface area contributed by atoms with Gasteiger partial charge in [-0.1, -0.05) is 62.4 Å². The van der Waals surface area contributed by atoms with E-state index in [-0.39, 0.29) is 36.2 Å². The van der Waals surface area contributed by atoms with Gasteiger partial charge < -0.3 is 15.2 Å². The van der Waals surface area contributed by atoms with E-state index < -0.39 is 24.0 Å². The van der Waals surface area contributed by atoms with Crippen LogP contribution < -0.4 is 10.6 Å². The molecule has 0 radical (unpaired) electrons. The van der Waals surface area contributed by atoms with Crippen LogP contribution in [0.25, 0.3) is 11.1 Å². The minimum absolute atomic E-state index is 0.0357. The summed E-state index contributed by atoms with van der Waals surface area (Å²) in [4.78, 5) is 37.0. The molecule has 2 aromatic carbocycles. The Hall–Kier alpha value is -4.14. The molecule has 9 nitrogen and oxygen atoms in total. The second-order valence-corrected chi connectivity index (χ2v) is 8.97. The topological polar surface area (TPSA) is 123 Å². The monoisotopic (exact) mass is 476 g/mol. The molecule has 0 spiro atoms. The third-order valence-corrected chi connectivity index (χ3v) is 6.04. The number of nitrogens with one attached hydrogen (secondary N) is 2. The van der Waals surface area contributed by atoms with Gasteiger partial charge in [-0.3, -0.25) is 14.8 Å². The van der Waals surface area contributed by atoms with Crippen molar-refractivity contribution in [3.63, 3.8) is 0 Å². The number of carboxylic acids is 1. The quantitative estimate of drug-likeness (QED) is 0.452. The predicted octanol–water partition coefficient (Wildman–Crippen LogP) is 4.01. The summed E-state index contributed by atoms with van der Waals surface area (Å²) in [6.45, 7) is 3.86. The fourth-order valence-electron chi connectivity index (χ4n) is 4.46. The molecule has 3 N–H and O–H groups in total. The number of fused-ring (bicyclic) bond motifs is 3. The number of nitrogens with zero attached hydrogens (tertiary/aromatic N) is 2. The maximum absolute atomic E-state index is 12.8. The third kappa shape index (κ3) is 5.03. The van der Waals surface area contributed by atoms with Crippen molar-refractivity contribution in [2.75, 3.05) is 11.9 Å². The van der Waals surface area contributed by atoms with Crippen LogP contribution in [0.1, 0.15) is 47.8 Å². The van der Waals surface area contributed by atoms with Crippen LogP contribution in [-0.4, -0.2) is 45.5 Å². The molecule has 9 heteroatoms. The van der Waals surface area contributed by atoms with Gasteiger partial charge in [0.15, 0.2) is 0 Å². The maximum Gasteiger partial charge on any atom is 0.411 e. The molecule has 1 atom stereocenters. The van der Waals surface area contributed by atoms with Crippen LogP contribution in [0.4, 0.5) is 10.5 Å². The second kappa shape index (κ2) is 10.0. The van der Waals surface area contributed by atoms with Crippen molar-refractivity contribution in [2.45, 2.75) is 32.2 Å². The van der Waals surface area contributed by atoms with Crippen LogP contribution in [0.3, 0.4) is 0 Å². The maximum atomic E-state index is 12.8. The minimum Gasteiger partial charge on any atom is -0.480 e. The molecule has 2 amide bonds. The first-order chi connectivity index (χ1) is 16.8. The highest BCUT2D eigenvalue weighted by molar-refractivity contribution is 6.02. The lowest BCUT2D eigenvalue weighted by Gasteiger charge is -2.17. The van der Waals surface area contributed by atoms with E-state index in [0.29, 0.717) is 0 Å². The molecule has 0 fully saturated rings. The Morgan fingerprint density at radius 1 is 1.06 bits per heavy atom. The summed E-state index contributed by atoms with van der Waals surface area (Å²) < 4.78 is 6.83. The van der Waals surface area contributed by atoms with E-state index in [0.717, 1.165) is 22.3 Å². The SMILES string of the molecule is CC(C)C[C@@H](NC(=O)c1c(NC(=O)OCC2c3ccccc3-c3ccccc32)cnn1C)C(=O)O. The fraction of sp³-hybridized carbons (Fsp3) is 0.308. The Morgan fingerprint density at radius 2 is 1.66 bits per heavy atom. The summed E-state index contributed by atoms with van der Waals surface area (Å²) in [5, 5.41) is 18.6. The van der Waals surface area contributed by atoms with Gasteiger partial charge in [-0.05, 0) is 34.6 Å². The number of carbonyl (C=O) groups excluding carboxylic acids is 2. The number of rotatable bonds is 8. The highest BCUT2D eigenvalue weighted by atomic mass is 16.5. The Balaban J connectivity index is 1.45. The number of ether oxygens (including phenoxy) is 1. The Kier molecular flexibility index (Phi) is 6.86. The van der Waals surface area contributed by atoms with Gasteiger partial charge in [-0.15, -0.1) is 0 Å². The Bertz CT molecular complexity index is 1220. The third-order valence-electron chi connectivity index (χ3n) is 6.04. The number of aliphatic carboxylic acids is 1. The van der Waals surface area contributed by atoms with Crippen LogP contribution in [0.15, 0.2) is 54.7 Å². The number of aromatic nitrogens is 2.